The molecule has 1 N–H and O–H groups in total. The molecule has 1 aromatic heterocycles. The molecule has 0 fully saturated rings. The quantitative estimate of drug-likeness (QED) is 0.654. The predicted molar refractivity (Wildman–Crippen MR) is 95.7 cm³/mol. The number of amides is 1. The fourth-order valence-electron chi connectivity index (χ4n) is 2.24. The van der Waals surface area contributed by atoms with Gasteiger partial charge in [0, 0.05) is 15.7 Å². The molecular formula is C19H16BrNO2. The van der Waals surface area contributed by atoms with Gasteiger partial charge in [-0.3, -0.25) is 4.79 Å². The molecule has 1 amide bonds. The van der Waals surface area contributed by atoms with E-state index in [0.29, 0.717) is 11.5 Å². The van der Waals surface area contributed by atoms with Crippen LogP contribution in [0.3, 0.4) is 0 Å². The number of anilines is 1. The summed E-state index contributed by atoms with van der Waals surface area (Å²) in [5.41, 5.74) is 4.02. The zero-order chi connectivity index (χ0) is 16.4. The Morgan fingerprint density at radius 3 is 2.39 bits per heavy atom. The van der Waals surface area contributed by atoms with Crippen LogP contribution in [0.1, 0.15) is 21.7 Å². The van der Waals surface area contributed by atoms with Gasteiger partial charge in [-0.05, 0) is 61.4 Å². The van der Waals surface area contributed by atoms with E-state index in [1.54, 1.807) is 12.1 Å². The SMILES string of the molecule is Cc1ccc(NC(=O)c2ccc(-c3ccc(Br)cc3)o2)cc1C. The van der Waals surface area contributed by atoms with Crippen molar-refractivity contribution in [2.24, 2.45) is 0 Å². The molecule has 1 heterocycles. The maximum absolute atomic E-state index is 12.3. The summed E-state index contributed by atoms with van der Waals surface area (Å²) >= 11 is 3.40. The maximum atomic E-state index is 12.3. The van der Waals surface area contributed by atoms with Gasteiger partial charge in [0.1, 0.15) is 5.76 Å². The maximum Gasteiger partial charge on any atom is 0.291 e. The molecule has 0 aliphatic carbocycles. The average Bonchev–Trinajstić information content (AvgIpc) is 3.02. The van der Waals surface area contributed by atoms with Crippen molar-refractivity contribution < 1.29 is 9.21 Å². The minimum absolute atomic E-state index is 0.253. The number of carbonyl (C=O) groups is 1. The highest BCUT2D eigenvalue weighted by Crippen LogP contribution is 2.24. The van der Waals surface area contributed by atoms with Crippen LogP contribution in [0, 0.1) is 13.8 Å². The highest BCUT2D eigenvalue weighted by molar-refractivity contribution is 9.10. The van der Waals surface area contributed by atoms with Gasteiger partial charge < -0.3 is 9.73 Å². The van der Waals surface area contributed by atoms with Crippen molar-refractivity contribution in [3.05, 3.63) is 76.0 Å². The van der Waals surface area contributed by atoms with E-state index in [0.717, 1.165) is 21.3 Å². The van der Waals surface area contributed by atoms with E-state index >= 15 is 0 Å². The summed E-state index contributed by atoms with van der Waals surface area (Å²) in [5, 5.41) is 2.86. The summed E-state index contributed by atoms with van der Waals surface area (Å²) in [6.45, 7) is 4.06. The highest BCUT2D eigenvalue weighted by atomic mass is 79.9. The number of hydrogen-bond donors (Lipinski definition) is 1. The van der Waals surface area contributed by atoms with Gasteiger partial charge in [-0.15, -0.1) is 0 Å². The topological polar surface area (TPSA) is 42.2 Å². The smallest absolute Gasteiger partial charge is 0.291 e. The van der Waals surface area contributed by atoms with Crippen LogP contribution in [0.2, 0.25) is 0 Å². The monoisotopic (exact) mass is 369 g/mol. The zero-order valence-electron chi connectivity index (χ0n) is 12.9. The molecule has 0 atom stereocenters. The van der Waals surface area contributed by atoms with Crippen molar-refractivity contribution in [3.63, 3.8) is 0 Å². The summed E-state index contributed by atoms with van der Waals surface area (Å²) in [6, 6.07) is 17.1. The Hall–Kier alpha value is -2.33. The molecule has 0 aliphatic rings. The van der Waals surface area contributed by atoms with Crippen LogP contribution < -0.4 is 5.32 Å². The molecule has 23 heavy (non-hydrogen) atoms. The third-order valence-corrected chi connectivity index (χ3v) is 4.25. The number of halogens is 1. The van der Waals surface area contributed by atoms with Gasteiger partial charge in [0.15, 0.2) is 5.76 Å². The molecule has 3 rings (SSSR count). The number of benzene rings is 2. The molecule has 0 unspecified atom stereocenters. The summed E-state index contributed by atoms with van der Waals surface area (Å²) in [6.07, 6.45) is 0. The van der Waals surface area contributed by atoms with Crippen LogP contribution in [0.5, 0.6) is 0 Å². The lowest BCUT2D eigenvalue weighted by Gasteiger charge is -2.06. The Labute approximate surface area is 143 Å². The van der Waals surface area contributed by atoms with Crippen molar-refractivity contribution in [2.75, 3.05) is 5.32 Å². The average molecular weight is 370 g/mol. The number of furan rings is 1. The second-order valence-corrected chi connectivity index (χ2v) is 6.34. The van der Waals surface area contributed by atoms with Crippen molar-refractivity contribution in [3.8, 4) is 11.3 Å². The lowest BCUT2D eigenvalue weighted by Crippen LogP contribution is -2.10. The molecule has 4 heteroatoms. The first kappa shape index (κ1) is 15.6. The first-order valence-corrected chi connectivity index (χ1v) is 8.06. The standard InChI is InChI=1S/C19H16BrNO2/c1-12-3-8-16(11-13(12)2)21-19(22)18-10-9-17(23-18)14-4-6-15(20)7-5-14/h3-11H,1-2H3,(H,21,22). The van der Waals surface area contributed by atoms with Crippen molar-refractivity contribution in [1.29, 1.82) is 0 Å². The Morgan fingerprint density at radius 1 is 0.957 bits per heavy atom. The van der Waals surface area contributed by atoms with Gasteiger partial charge in [0.25, 0.3) is 5.91 Å². The minimum Gasteiger partial charge on any atom is -0.451 e. The molecule has 116 valence electrons. The molecule has 0 saturated heterocycles. The second-order valence-electron chi connectivity index (χ2n) is 5.42. The van der Waals surface area contributed by atoms with Gasteiger partial charge in [-0.1, -0.05) is 34.1 Å². The molecule has 3 aromatic rings. The van der Waals surface area contributed by atoms with E-state index < -0.39 is 0 Å². The van der Waals surface area contributed by atoms with Gasteiger partial charge in [-0.2, -0.15) is 0 Å². The molecule has 3 nitrogen and oxygen atoms in total. The number of carbonyl (C=O) groups excluding carboxylic acids is 1. The highest BCUT2D eigenvalue weighted by Gasteiger charge is 2.12. The normalized spacial score (nSPS) is 10.6. The van der Waals surface area contributed by atoms with Crippen LogP contribution in [-0.2, 0) is 0 Å². The van der Waals surface area contributed by atoms with Gasteiger partial charge in [-0.25, -0.2) is 0 Å². The van der Waals surface area contributed by atoms with E-state index in [9.17, 15) is 4.79 Å². The summed E-state index contributed by atoms with van der Waals surface area (Å²) < 4.78 is 6.67. The first-order valence-electron chi connectivity index (χ1n) is 7.27. The van der Waals surface area contributed by atoms with Gasteiger partial charge in [0.05, 0.1) is 0 Å². The summed E-state index contributed by atoms with van der Waals surface area (Å²) in [7, 11) is 0. The minimum atomic E-state index is -0.253. The van der Waals surface area contributed by atoms with E-state index in [2.05, 4.69) is 21.2 Å². The number of aryl methyl sites for hydroxylation is 2. The molecule has 2 aromatic carbocycles. The van der Waals surface area contributed by atoms with Crippen LogP contribution in [0.4, 0.5) is 5.69 Å². The number of rotatable bonds is 3. The molecule has 0 radical (unpaired) electrons. The Bertz CT molecular complexity index is 850. The third-order valence-electron chi connectivity index (χ3n) is 3.72. The van der Waals surface area contributed by atoms with E-state index in [-0.39, 0.29) is 5.91 Å². The largest absolute Gasteiger partial charge is 0.451 e. The molecule has 0 saturated carbocycles. The molecule has 0 bridgehead atoms. The molecule has 0 spiro atoms. The lowest BCUT2D eigenvalue weighted by atomic mass is 10.1. The van der Waals surface area contributed by atoms with Gasteiger partial charge in [0.2, 0.25) is 0 Å². The Balaban J connectivity index is 1.78. The zero-order valence-corrected chi connectivity index (χ0v) is 14.5. The number of hydrogen-bond acceptors (Lipinski definition) is 2. The van der Waals surface area contributed by atoms with Crippen molar-refractivity contribution in [1.82, 2.24) is 0 Å². The molecule has 0 aliphatic heterocycles. The van der Waals surface area contributed by atoms with Crippen LogP contribution >= 0.6 is 15.9 Å². The third kappa shape index (κ3) is 3.54. The summed E-state index contributed by atoms with van der Waals surface area (Å²) in [4.78, 5) is 12.3. The second kappa shape index (κ2) is 6.42. The van der Waals surface area contributed by atoms with Crippen LogP contribution in [0.25, 0.3) is 11.3 Å². The fourth-order valence-corrected chi connectivity index (χ4v) is 2.51. The number of nitrogens with one attached hydrogen (secondary N) is 1. The first-order chi connectivity index (χ1) is 11.0. The summed E-state index contributed by atoms with van der Waals surface area (Å²) in [5.74, 6) is 0.709. The van der Waals surface area contributed by atoms with Crippen molar-refractivity contribution >= 4 is 27.5 Å². The van der Waals surface area contributed by atoms with E-state index in [1.807, 2.05) is 56.3 Å². The van der Waals surface area contributed by atoms with Crippen LogP contribution in [-0.4, -0.2) is 5.91 Å². The van der Waals surface area contributed by atoms with Crippen molar-refractivity contribution in [2.45, 2.75) is 13.8 Å². The van der Waals surface area contributed by atoms with E-state index in [1.165, 1.54) is 5.56 Å². The van der Waals surface area contributed by atoms with Crippen LogP contribution in [0.15, 0.2) is 63.5 Å². The Kier molecular flexibility index (Phi) is 4.35. The van der Waals surface area contributed by atoms with Gasteiger partial charge >= 0.3 is 0 Å². The lowest BCUT2D eigenvalue weighted by molar-refractivity contribution is 0.0997. The Morgan fingerprint density at radius 2 is 1.70 bits per heavy atom. The predicted octanol–water partition coefficient (Wildman–Crippen LogP) is 5.58. The molecular weight excluding hydrogens is 354 g/mol. The fraction of sp³-hybridized carbons (Fsp3) is 0.105. The van der Waals surface area contributed by atoms with E-state index in [4.69, 9.17) is 4.42 Å².